The zero-order valence-corrected chi connectivity index (χ0v) is 8.92. The van der Waals surface area contributed by atoms with E-state index < -0.39 is 5.25 Å². The van der Waals surface area contributed by atoms with E-state index in [0.29, 0.717) is 0 Å². The lowest BCUT2D eigenvalue weighted by Gasteiger charge is -2.13. The molecule has 1 atom stereocenters. The fourth-order valence-corrected chi connectivity index (χ4v) is 1.67. The van der Waals surface area contributed by atoms with Crippen molar-refractivity contribution in [2.24, 2.45) is 5.84 Å². The third kappa shape index (κ3) is 2.27. The van der Waals surface area contributed by atoms with Crippen LogP contribution < -0.4 is 11.3 Å². The number of aryl methyl sites for hydroxylation is 1. The number of hydrogen-bond donors (Lipinski definition) is 3. The smallest absolute Gasteiger partial charge is 0.251 e. The molecule has 0 bridgehead atoms. The van der Waals surface area contributed by atoms with Crippen molar-refractivity contribution >= 4 is 18.5 Å². The number of amides is 1. The van der Waals surface area contributed by atoms with Crippen molar-refractivity contribution in [1.29, 1.82) is 0 Å². The van der Waals surface area contributed by atoms with Crippen LogP contribution in [0.4, 0.5) is 0 Å². The molecule has 1 aromatic rings. The SMILES string of the molecule is CCc1ccccc1C(S)C(=O)NN. The highest BCUT2D eigenvalue weighted by Gasteiger charge is 2.16. The van der Waals surface area contributed by atoms with Gasteiger partial charge in [-0.15, -0.1) is 0 Å². The van der Waals surface area contributed by atoms with Gasteiger partial charge in [-0.1, -0.05) is 31.2 Å². The third-order valence-corrected chi connectivity index (χ3v) is 2.63. The van der Waals surface area contributed by atoms with Crippen LogP contribution in [0.2, 0.25) is 0 Å². The van der Waals surface area contributed by atoms with Crippen molar-refractivity contribution < 1.29 is 4.79 Å². The summed E-state index contributed by atoms with van der Waals surface area (Å²) in [7, 11) is 0. The summed E-state index contributed by atoms with van der Waals surface area (Å²) >= 11 is 4.23. The first-order chi connectivity index (χ1) is 6.70. The van der Waals surface area contributed by atoms with E-state index in [2.05, 4.69) is 18.1 Å². The molecule has 0 spiro atoms. The average molecular weight is 210 g/mol. The Hall–Kier alpha value is -1.00. The predicted octanol–water partition coefficient (Wildman–Crippen LogP) is 1.21. The molecule has 0 aliphatic heterocycles. The molecule has 3 nitrogen and oxygen atoms in total. The van der Waals surface area contributed by atoms with Crippen LogP contribution in [0, 0.1) is 0 Å². The number of rotatable bonds is 3. The molecular weight excluding hydrogens is 196 g/mol. The van der Waals surface area contributed by atoms with Gasteiger partial charge in [-0.2, -0.15) is 12.6 Å². The van der Waals surface area contributed by atoms with Crippen molar-refractivity contribution in [3.63, 3.8) is 0 Å². The first kappa shape index (κ1) is 11.1. The molecule has 0 aromatic heterocycles. The Balaban J connectivity index is 2.99. The highest BCUT2D eigenvalue weighted by molar-refractivity contribution is 7.81. The summed E-state index contributed by atoms with van der Waals surface area (Å²) in [4.78, 5) is 11.3. The molecule has 0 heterocycles. The first-order valence-electron chi connectivity index (χ1n) is 4.47. The Labute approximate surface area is 89.1 Å². The monoisotopic (exact) mass is 210 g/mol. The van der Waals surface area contributed by atoms with Gasteiger partial charge in [0.15, 0.2) is 0 Å². The van der Waals surface area contributed by atoms with E-state index in [0.717, 1.165) is 17.5 Å². The van der Waals surface area contributed by atoms with Crippen molar-refractivity contribution in [1.82, 2.24) is 5.43 Å². The topological polar surface area (TPSA) is 55.1 Å². The summed E-state index contributed by atoms with van der Waals surface area (Å²) in [5, 5.41) is -0.490. The number of nitrogens with one attached hydrogen (secondary N) is 1. The second-order valence-electron chi connectivity index (χ2n) is 2.96. The molecule has 76 valence electrons. The van der Waals surface area contributed by atoms with Crippen LogP contribution in [-0.4, -0.2) is 5.91 Å². The normalized spacial score (nSPS) is 12.2. The Morgan fingerprint density at radius 2 is 2.21 bits per heavy atom. The minimum absolute atomic E-state index is 0.283. The second kappa shape index (κ2) is 5.02. The number of hydrogen-bond acceptors (Lipinski definition) is 3. The number of benzene rings is 1. The third-order valence-electron chi connectivity index (χ3n) is 2.12. The molecule has 14 heavy (non-hydrogen) atoms. The largest absolute Gasteiger partial charge is 0.293 e. The lowest BCUT2D eigenvalue weighted by Crippen LogP contribution is -2.33. The fourth-order valence-electron chi connectivity index (χ4n) is 1.34. The molecule has 1 rings (SSSR count). The predicted molar refractivity (Wildman–Crippen MR) is 59.9 cm³/mol. The average Bonchev–Trinajstić information content (AvgIpc) is 2.26. The van der Waals surface area contributed by atoms with Crippen LogP contribution in [-0.2, 0) is 11.2 Å². The van der Waals surface area contributed by atoms with E-state index in [1.807, 2.05) is 31.2 Å². The Bertz CT molecular complexity index is 328. The lowest BCUT2D eigenvalue weighted by atomic mass is 10.0. The quantitative estimate of drug-likeness (QED) is 0.304. The van der Waals surface area contributed by atoms with Gasteiger partial charge in [-0.05, 0) is 17.5 Å². The molecule has 0 saturated heterocycles. The Kier molecular flexibility index (Phi) is 3.98. The van der Waals surface area contributed by atoms with Crippen molar-refractivity contribution in [3.8, 4) is 0 Å². The van der Waals surface area contributed by atoms with E-state index in [1.165, 1.54) is 0 Å². The maximum absolute atomic E-state index is 11.3. The minimum Gasteiger partial charge on any atom is -0.293 e. The summed E-state index contributed by atoms with van der Waals surface area (Å²) < 4.78 is 0. The van der Waals surface area contributed by atoms with Crippen LogP contribution in [0.25, 0.3) is 0 Å². The molecule has 0 fully saturated rings. The van der Waals surface area contributed by atoms with Gasteiger partial charge in [0.2, 0.25) is 0 Å². The maximum Gasteiger partial charge on any atom is 0.251 e. The first-order valence-corrected chi connectivity index (χ1v) is 4.98. The van der Waals surface area contributed by atoms with Crippen LogP contribution in [0.15, 0.2) is 24.3 Å². The van der Waals surface area contributed by atoms with Crippen LogP contribution in [0.1, 0.15) is 23.3 Å². The van der Waals surface area contributed by atoms with Crippen LogP contribution in [0.5, 0.6) is 0 Å². The van der Waals surface area contributed by atoms with Crippen LogP contribution in [0.3, 0.4) is 0 Å². The standard InChI is InChI=1S/C10H14N2OS/c1-2-7-5-3-4-6-8(7)9(14)10(13)12-11/h3-6,9,14H,2,11H2,1H3,(H,12,13). The second-order valence-corrected chi connectivity index (χ2v) is 3.48. The molecule has 1 aromatic carbocycles. The number of hydrazine groups is 1. The lowest BCUT2D eigenvalue weighted by molar-refractivity contribution is -0.120. The van der Waals surface area contributed by atoms with E-state index >= 15 is 0 Å². The van der Waals surface area contributed by atoms with Gasteiger partial charge in [0.1, 0.15) is 5.25 Å². The van der Waals surface area contributed by atoms with Gasteiger partial charge < -0.3 is 0 Å². The van der Waals surface area contributed by atoms with E-state index in [4.69, 9.17) is 5.84 Å². The van der Waals surface area contributed by atoms with Gasteiger partial charge in [0.25, 0.3) is 5.91 Å². The number of carbonyl (C=O) groups excluding carboxylic acids is 1. The summed E-state index contributed by atoms with van der Waals surface area (Å²) in [5.41, 5.74) is 4.14. The zero-order chi connectivity index (χ0) is 10.6. The number of nitrogens with two attached hydrogens (primary N) is 1. The summed E-state index contributed by atoms with van der Waals surface area (Å²) in [5.74, 6) is 4.77. The Morgan fingerprint density at radius 3 is 2.79 bits per heavy atom. The van der Waals surface area contributed by atoms with E-state index in [1.54, 1.807) is 0 Å². The number of carbonyl (C=O) groups is 1. The van der Waals surface area contributed by atoms with E-state index in [9.17, 15) is 4.79 Å². The molecule has 0 saturated carbocycles. The molecule has 0 aliphatic rings. The molecule has 3 N–H and O–H groups in total. The van der Waals surface area contributed by atoms with Crippen molar-refractivity contribution in [2.75, 3.05) is 0 Å². The van der Waals surface area contributed by atoms with Gasteiger partial charge in [0.05, 0.1) is 0 Å². The van der Waals surface area contributed by atoms with Gasteiger partial charge >= 0.3 is 0 Å². The molecule has 4 heteroatoms. The van der Waals surface area contributed by atoms with E-state index in [-0.39, 0.29) is 5.91 Å². The number of thiol groups is 1. The van der Waals surface area contributed by atoms with Gasteiger partial charge in [0, 0.05) is 0 Å². The fraction of sp³-hybridized carbons (Fsp3) is 0.300. The molecule has 0 radical (unpaired) electrons. The van der Waals surface area contributed by atoms with Gasteiger partial charge in [-0.25, -0.2) is 5.84 Å². The molecule has 1 amide bonds. The Morgan fingerprint density at radius 1 is 1.57 bits per heavy atom. The minimum atomic E-state index is -0.490. The molecule has 0 aliphatic carbocycles. The molecular formula is C10H14N2OS. The van der Waals surface area contributed by atoms with Gasteiger partial charge in [-0.3, -0.25) is 10.2 Å². The summed E-state index contributed by atoms with van der Waals surface area (Å²) in [6.45, 7) is 2.04. The van der Waals surface area contributed by atoms with Crippen LogP contribution >= 0.6 is 12.6 Å². The zero-order valence-electron chi connectivity index (χ0n) is 8.03. The summed E-state index contributed by atoms with van der Waals surface area (Å²) in [6, 6.07) is 7.72. The van der Waals surface area contributed by atoms with Crippen molar-refractivity contribution in [3.05, 3.63) is 35.4 Å². The molecule has 1 unspecified atom stereocenters. The van der Waals surface area contributed by atoms with Crippen molar-refractivity contribution in [2.45, 2.75) is 18.6 Å². The highest BCUT2D eigenvalue weighted by atomic mass is 32.1. The highest BCUT2D eigenvalue weighted by Crippen LogP contribution is 2.23. The summed E-state index contributed by atoms with van der Waals surface area (Å²) in [6.07, 6.45) is 0.880. The maximum atomic E-state index is 11.3.